The van der Waals surface area contributed by atoms with Gasteiger partial charge in [0.05, 0.1) is 27.0 Å². The van der Waals surface area contributed by atoms with Crippen molar-refractivity contribution in [1.82, 2.24) is 15.2 Å². The van der Waals surface area contributed by atoms with E-state index >= 15 is 0 Å². The van der Waals surface area contributed by atoms with Crippen molar-refractivity contribution in [2.45, 2.75) is 6.54 Å². The van der Waals surface area contributed by atoms with Crippen LogP contribution in [0.5, 0.6) is 11.5 Å². The predicted molar refractivity (Wildman–Crippen MR) is 112 cm³/mol. The van der Waals surface area contributed by atoms with Crippen molar-refractivity contribution >= 4 is 35.3 Å². The number of aromatic nitrogens is 2. The van der Waals surface area contributed by atoms with Gasteiger partial charge in [-0.15, -0.1) is 0 Å². The molecule has 0 fully saturated rings. The lowest BCUT2D eigenvalue weighted by Gasteiger charge is -2.07. The van der Waals surface area contributed by atoms with Crippen molar-refractivity contribution in [1.29, 1.82) is 0 Å². The number of hydrogen-bond donors (Lipinski definition) is 1. The highest BCUT2D eigenvalue weighted by atomic mass is 35.5. The van der Waals surface area contributed by atoms with E-state index in [1.807, 2.05) is 6.07 Å². The predicted octanol–water partition coefficient (Wildman–Crippen LogP) is 4.02. The zero-order valence-corrected chi connectivity index (χ0v) is 17.2. The van der Waals surface area contributed by atoms with E-state index in [1.54, 1.807) is 61.5 Å². The van der Waals surface area contributed by atoms with Crippen LogP contribution in [0.1, 0.15) is 21.6 Å². The van der Waals surface area contributed by atoms with Crippen molar-refractivity contribution in [3.05, 3.63) is 75.5 Å². The summed E-state index contributed by atoms with van der Waals surface area (Å²) in [5.41, 5.74) is 4.27. The van der Waals surface area contributed by atoms with Gasteiger partial charge in [-0.3, -0.25) is 9.48 Å². The second-order valence-electron chi connectivity index (χ2n) is 5.95. The van der Waals surface area contributed by atoms with Gasteiger partial charge in [0.2, 0.25) is 0 Å². The van der Waals surface area contributed by atoms with Gasteiger partial charge in [-0.2, -0.15) is 10.2 Å². The number of ether oxygens (including phenoxy) is 2. The third kappa shape index (κ3) is 5.28. The number of nitrogens with one attached hydrogen (secondary N) is 1. The first-order chi connectivity index (χ1) is 14.0. The number of hydrogen-bond acceptors (Lipinski definition) is 5. The largest absolute Gasteiger partial charge is 0.493 e. The number of nitrogens with zero attached hydrogens (tertiary/aromatic N) is 3. The number of rotatable bonds is 7. The van der Waals surface area contributed by atoms with Gasteiger partial charge in [0.25, 0.3) is 5.91 Å². The van der Waals surface area contributed by atoms with E-state index in [0.29, 0.717) is 28.1 Å². The molecular formula is C20H18Cl2N4O3. The Bertz CT molecular complexity index is 1050. The van der Waals surface area contributed by atoms with Gasteiger partial charge < -0.3 is 9.47 Å². The van der Waals surface area contributed by atoms with Crippen LogP contribution in [-0.2, 0) is 6.54 Å². The van der Waals surface area contributed by atoms with Crippen LogP contribution < -0.4 is 14.9 Å². The van der Waals surface area contributed by atoms with Crippen LogP contribution in [0.4, 0.5) is 0 Å². The van der Waals surface area contributed by atoms with Crippen molar-refractivity contribution < 1.29 is 14.3 Å². The van der Waals surface area contributed by atoms with Crippen LogP contribution in [0.3, 0.4) is 0 Å². The van der Waals surface area contributed by atoms with Crippen molar-refractivity contribution in [3.8, 4) is 11.5 Å². The lowest BCUT2D eigenvalue weighted by Crippen LogP contribution is -2.18. The normalized spacial score (nSPS) is 10.9. The molecule has 0 saturated carbocycles. The molecule has 0 atom stereocenters. The molecule has 0 radical (unpaired) electrons. The first-order valence-electron chi connectivity index (χ1n) is 8.53. The minimum absolute atomic E-state index is 0.236. The number of amides is 1. The summed E-state index contributed by atoms with van der Waals surface area (Å²) in [5, 5.41) is 9.31. The molecule has 29 heavy (non-hydrogen) atoms. The summed E-state index contributed by atoms with van der Waals surface area (Å²) in [6, 6.07) is 12.1. The van der Waals surface area contributed by atoms with E-state index in [0.717, 1.165) is 11.1 Å². The van der Waals surface area contributed by atoms with Crippen LogP contribution in [0.15, 0.2) is 53.8 Å². The first kappa shape index (κ1) is 20.7. The highest BCUT2D eigenvalue weighted by molar-refractivity contribution is 6.35. The summed E-state index contributed by atoms with van der Waals surface area (Å²) in [5.74, 6) is 0.755. The zero-order chi connectivity index (χ0) is 20.8. The molecule has 1 heterocycles. The van der Waals surface area contributed by atoms with Gasteiger partial charge >= 0.3 is 0 Å². The van der Waals surface area contributed by atoms with E-state index in [1.165, 1.54) is 6.21 Å². The third-order valence-corrected chi connectivity index (χ3v) is 4.60. The van der Waals surface area contributed by atoms with E-state index < -0.39 is 5.91 Å². The Labute approximate surface area is 177 Å². The second-order valence-corrected chi connectivity index (χ2v) is 6.79. The number of halogens is 2. The second kappa shape index (κ2) is 9.45. The summed E-state index contributed by atoms with van der Waals surface area (Å²) in [6.45, 7) is 0.415. The lowest BCUT2D eigenvalue weighted by atomic mass is 10.2. The Morgan fingerprint density at radius 3 is 2.66 bits per heavy atom. The molecular weight excluding hydrogens is 415 g/mol. The molecule has 0 bridgehead atoms. The summed E-state index contributed by atoms with van der Waals surface area (Å²) in [6.07, 6.45) is 3.20. The summed E-state index contributed by atoms with van der Waals surface area (Å²) in [4.78, 5) is 12.2. The van der Waals surface area contributed by atoms with E-state index in [4.69, 9.17) is 32.7 Å². The molecule has 0 aliphatic carbocycles. The maximum Gasteiger partial charge on any atom is 0.291 e. The minimum Gasteiger partial charge on any atom is -0.493 e. The molecule has 150 valence electrons. The van der Waals surface area contributed by atoms with Gasteiger partial charge in [0.1, 0.15) is 0 Å². The lowest BCUT2D eigenvalue weighted by molar-refractivity contribution is 0.0949. The van der Waals surface area contributed by atoms with Crippen molar-refractivity contribution in [3.63, 3.8) is 0 Å². The Morgan fingerprint density at radius 1 is 1.14 bits per heavy atom. The van der Waals surface area contributed by atoms with Gasteiger partial charge in [-0.25, -0.2) is 5.43 Å². The Morgan fingerprint density at radius 2 is 1.93 bits per heavy atom. The SMILES string of the molecule is COc1ccc(C=NNC(=O)c2ccn(Cc3ccc(Cl)cc3Cl)n2)cc1OC. The Hall–Kier alpha value is -3.03. The molecule has 0 aliphatic heterocycles. The maximum absolute atomic E-state index is 12.2. The topological polar surface area (TPSA) is 77.7 Å². The van der Waals surface area contributed by atoms with Crippen LogP contribution in [0.25, 0.3) is 0 Å². The van der Waals surface area contributed by atoms with Crippen LogP contribution in [-0.4, -0.2) is 36.1 Å². The third-order valence-electron chi connectivity index (χ3n) is 4.01. The minimum atomic E-state index is -0.428. The molecule has 2 aromatic carbocycles. The molecule has 0 spiro atoms. The average Bonchev–Trinajstić information content (AvgIpc) is 3.18. The molecule has 9 heteroatoms. The van der Waals surface area contributed by atoms with E-state index in [-0.39, 0.29) is 5.69 Å². The van der Waals surface area contributed by atoms with Gasteiger partial charge in [0, 0.05) is 16.2 Å². The van der Waals surface area contributed by atoms with Gasteiger partial charge in [-0.1, -0.05) is 29.3 Å². The smallest absolute Gasteiger partial charge is 0.291 e. The summed E-state index contributed by atoms with van der Waals surface area (Å²) in [7, 11) is 3.11. The molecule has 7 nitrogen and oxygen atoms in total. The number of methoxy groups -OCH3 is 2. The van der Waals surface area contributed by atoms with Crippen LogP contribution in [0.2, 0.25) is 10.0 Å². The fraction of sp³-hybridized carbons (Fsp3) is 0.150. The molecule has 1 amide bonds. The number of carbonyl (C=O) groups is 1. The molecule has 1 aromatic heterocycles. The Kier molecular flexibility index (Phi) is 6.74. The fourth-order valence-corrected chi connectivity index (χ4v) is 3.02. The van der Waals surface area contributed by atoms with E-state index in [9.17, 15) is 4.79 Å². The molecule has 1 N–H and O–H groups in total. The highest BCUT2D eigenvalue weighted by Crippen LogP contribution is 2.26. The highest BCUT2D eigenvalue weighted by Gasteiger charge is 2.10. The quantitative estimate of drug-likeness (QED) is 0.451. The first-order valence-corrected chi connectivity index (χ1v) is 9.28. The number of carbonyl (C=O) groups excluding carboxylic acids is 1. The molecule has 3 aromatic rings. The van der Waals surface area contributed by atoms with Gasteiger partial charge in [0.15, 0.2) is 17.2 Å². The summed E-state index contributed by atoms with van der Waals surface area (Å²) >= 11 is 12.1. The van der Waals surface area contributed by atoms with Crippen LogP contribution >= 0.6 is 23.2 Å². The molecule has 0 unspecified atom stereocenters. The Balaban J connectivity index is 1.62. The summed E-state index contributed by atoms with van der Waals surface area (Å²) < 4.78 is 12.0. The molecule has 0 aliphatic rings. The van der Waals surface area contributed by atoms with Crippen molar-refractivity contribution in [2.75, 3.05) is 14.2 Å². The number of benzene rings is 2. The molecule has 3 rings (SSSR count). The monoisotopic (exact) mass is 432 g/mol. The van der Waals surface area contributed by atoms with E-state index in [2.05, 4.69) is 15.6 Å². The van der Waals surface area contributed by atoms with Crippen molar-refractivity contribution in [2.24, 2.45) is 5.10 Å². The average molecular weight is 433 g/mol. The standard InChI is InChI=1S/C20H18Cl2N4O3/c1-28-18-6-3-13(9-19(18)29-2)11-23-24-20(27)17-7-8-26(25-17)12-14-4-5-15(21)10-16(14)22/h3-11H,12H2,1-2H3,(H,24,27). The van der Waals surface area contributed by atoms with Crippen LogP contribution in [0, 0.1) is 0 Å². The molecule has 0 saturated heterocycles. The van der Waals surface area contributed by atoms with Gasteiger partial charge in [-0.05, 0) is 47.5 Å². The maximum atomic E-state index is 12.2. The fourth-order valence-electron chi connectivity index (χ4n) is 2.55. The number of hydrazone groups is 1. The zero-order valence-electron chi connectivity index (χ0n) is 15.7.